The van der Waals surface area contributed by atoms with Gasteiger partial charge in [-0.05, 0) is 30.3 Å². The van der Waals surface area contributed by atoms with Crippen LogP contribution in [0.4, 0.5) is 20.6 Å². The van der Waals surface area contributed by atoms with Gasteiger partial charge < -0.3 is 4.74 Å². The molecule has 0 aliphatic carbocycles. The molecule has 1 heterocycles. The molecule has 2 aromatic carbocycles. The lowest BCUT2D eigenvalue weighted by molar-refractivity contribution is -0.131. The van der Waals surface area contributed by atoms with Crippen molar-refractivity contribution in [1.29, 1.82) is 0 Å². The molecule has 0 aromatic heterocycles. The van der Waals surface area contributed by atoms with Crippen molar-refractivity contribution in [1.82, 2.24) is 5.32 Å². The number of hydrogen-bond donors (Lipinski definition) is 1. The van der Waals surface area contributed by atoms with Crippen molar-refractivity contribution in [2.75, 3.05) is 12.0 Å². The Balaban J connectivity index is 1.95. The standard InChI is InChI=1S/C18H13BrFN3O4/c1-27-15-7-6-10(19)8-13(15)21-9-11-16(24)22-18(26)23(17(11)25)14-5-3-2-4-12(14)20/h2-9,11H,1H3,(H,22,24,26)/t11-/m0/s1. The smallest absolute Gasteiger partial charge is 0.335 e. The maximum Gasteiger partial charge on any atom is 0.335 e. The second-order valence-corrected chi connectivity index (χ2v) is 6.41. The maximum atomic E-state index is 14.0. The van der Waals surface area contributed by atoms with E-state index >= 15 is 0 Å². The number of carbonyl (C=O) groups excluding carboxylic acids is 3. The summed E-state index contributed by atoms with van der Waals surface area (Å²) in [5.41, 5.74) is 0.132. The number of amides is 4. The Morgan fingerprint density at radius 1 is 1.22 bits per heavy atom. The van der Waals surface area contributed by atoms with E-state index in [4.69, 9.17) is 4.74 Å². The van der Waals surface area contributed by atoms with E-state index in [1.54, 1.807) is 18.2 Å². The molecule has 3 rings (SSSR count). The SMILES string of the molecule is COc1ccc(Br)cc1N=C[C@H]1C(=O)NC(=O)N(c2ccccc2F)C1=O. The fourth-order valence-electron chi connectivity index (χ4n) is 2.50. The fraction of sp³-hybridized carbons (Fsp3) is 0.111. The van der Waals surface area contributed by atoms with Crippen LogP contribution in [0.25, 0.3) is 0 Å². The quantitative estimate of drug-likeness (QED) is 0.592. The highest BCUT2D eigenvalue weighted by Crippen LogP contribution is 2.31. The lowest BCUT2D eigenvalue weighted by atomic mass is 10.1. The minimum atomic E-state index is -1.40. The molecule has 0 spiro atoms. The van der Waals surface area contributed by atoms with Gasteiger partial charge in [-0.2, -0.15) is 0 Å². The predicted octanol–water partition coefficient (Wildman–Crippen LogP) is 3.20. The minimum absolute atomic E-state index is 0.245. The highest BCUT2D eigenvalue weighted by atomic mass is 79.9. The van der Waals surface area contributed by atoms with Crippen molar-refractivity contribution >= 4 is 51.4 Å². The van der Waals surface area contributed by atoms with Gasteiger partial charge in [0.2, 0.25) is 5.91 Å². The third-order valence-corrected chi connectivity index (χ3v) is 4.29. The summed E-state index contributed by atoms with van der Waals surface area (Å²) in [6.07, 6.45) is 1.10. The molecule has 2 aromatic rings. The maximum absolute atomic E-state index is 14.0. The molecule has 1 aliphatic rings. The molecule has 4 amide bonds. The van der Waals surface area contributed by atoms with Crippen molar-refractivity contribution < 1.29 is 23.5 Å². The second kappa shape index (κ2) is 7.67. The first kappa shape index (κ1) is 18.7. The molecular weight excluding hydrogens is 421 g/mol. The zero-order valence-corrected chi connectivity index (χ0v) is 15.6. The predicted molar refractivity (Wildman–Crippen MR) is 99.8 cm³/mol. The van der Waals surface area contributed by atoms with E-state index < -0.39 is 29.6 Å². The van der Waals surface area contributed by atoms with Gasteiger partial charge >= 0.3 is 6.03 Å². The van der Waals surface area contributed by atoms with Crippen molar-refractivity contribution in [3.63, 3.8) is 0 Å². The lowest BCUT2D eigenvalue weighted by Gasteiger charge is -2.28. The van der Waals surface area contributed by atoms with Crippen LogP contribution < -0.4 is 15.0 Å². The van der Waals surface area contributed by atoms with Gasteiger partial charge in [0, 0.05) is 10.7 Å². The number of methoxy groups -OCH3 is 1. The Morgan fingerprint density at radius 3 is 2.67 bits per heavy atom. The van der Waals surface area contributed by atoms with Crippen LogP contribution in [0.1, 0.15) is 0 Å². The summed E-state index contributed by atoms with van der Waals surface area (Å²) in [4.78, 5) is 41.6. The first-order valence-electron chi connectivity index (χ1n) is 7.73. The van der Waals surface area contributed by atoms with Gasteiger partial charge in [-0.25, -0.2) is 14.1 Å². The van der Waals surface area contributed by atoms with Crippen molar-refractivity contribution in [2.45, 2.75) is 0 Å². The number of imide groups is 2. The number of rotatable bonds is 4. The monoisotopic (exact) mass is 433 g/mol. The molecule has 1 N–H and O–H groups in total. The van der Waals surface area contributed by atoms with Crippen LogP contribution in [0, 0.1) is 11.7 Å². The van der Waals surface area contributed by atoms with E-state index in [9.17, 15) is 18.8 Å². The van der Waals surface area contributed by atoms with Gasteiger partial charge in [0.15, 0.2) is 5.92 Å². The number of anilines is 1. The van der Waals surface area contributed by atoms with E-state index in [0.29, 0.717) is 16.3 Å². The molecule has 27 heavy (non-hydrogen) atoms. The molecule has 0 unspecified atom stereocenters. The third-order valence-electron chi connectivity index (χ3n) is 3.80. The van der Waals surface area contributed by atoms with Crippen LogP contribution in [0.3, 0.4) is 0 Å². The van der Waals surface area contributed by atoms with Crippen LogP contribution in [0.2, 0.25) is 0 Å². The number of carbonyl (C=O) groups is 3. The van der Waals surface area contributed by atoms with Crippen LogP contribution in [0.15, 0.2) is 51.9 Å². The van der Waals surface area contributed by atoms with E-state index in [1.807, 2.05) is 5.32 Å². The minimum Gasteiger partial charge on any atom is -0.494 e. The number of halogens is 2. The fourth-order valence-corrected chi connectivity index (χ4v) is 2.85. The van der Waals surface area contributed by atoms with Gasteiger partial charge in [0.05, 0.1) is 12.8 Å². The summed E-state index contributed by atoms with van der Waals surface area (Å²) in [6.45, 7) is 0. The lowest BCUT2D eigenvalue weighted by Crippen LogP contribution is -2.58. The summed E-state index contributed by atoms with van der Waals surface area (Å²) >= 11 is 3.30. The topological polar surface area (TPSA) is 88.1 Å². The largest absolute Gasteiger partial charge is 0.494 e. The van der Waals surface area contributed by atoms with Crippen molar-refractivity contribution in [2.24, 2.45) is 10.9 Å². The van der Waals surface area contributed by atoms with Crippen molar-refractivity contribution in [3.8, 4) is 5.75 Å². The van der Waals surface area contributed by atoms with Gasteiger partial charge in [-0.1, -0.05) is 28.1 Å². The number of barbiturate groups is 1. The molecule has 1 fully saturated rings. The van der Waals surface area contributed by atoms with Crippen LogP contribution >= 0.6 is 15.9 Å². The zero-order chi connectivity index (χ0) is 19.6. The highest BCUT2D eigenvalue weighted by molar-refractivity contribution is 9.10. The van der Waals surface area contributed by atoms with E-state index in [0.717, 1.165) is 16.8 Å². The summed E-state index contributed by atoms with van der Waals surface area (Å²) in [5.74, 6) is -3.47. The first-order valence-corrected chi connectivity index (χ1v) is 8.52. The second-order valence-electron chi connectivity index (χ2n) is 5.49. The first-order chi connectivity index (χ1) is 12.9. The molecule has 1 aliphatic heterocycles. The van der Waals surface area contributed by atoms with Gasteiger partial charge in [-0.3, -0.25) is 19.9 Å². The molecule has 7 nitrogen and oxygen atoms in total. The number of nitrogens with zero attached hydrogens (tertiary/aromatic N) is 2. The van der Waals surface area contributed by atoms with E-state index in [1.165, 1.54) is 25.3 Å². The van der Waals surface area contributed by atoms with Crippen LogP contribution in [-0.2, 0) is 9.59 Å². The Hall–Kier alpha value is -3.07. The summed E-state index contributed by atoms with van der Waals surface area (Å²) in [5, 5.41) is 2.04. The van der Waals surface area contributed by atoms with Gasteiger partial charge in [0.1, 0.15) is 17.3 Å². The van der Waals surface area contributed by atoms with Crippen LogP contribution in [0.5, 0.6) is 5.75 Å². The molecule has 0 saturated carbocycles. The number of urea groups is 1. The molecule has 1 atom stereocenters. The Bertz CT molecular complexity index is 963. The normalized spacial score (nSPS) is 17.4. The number of para-hydroxylation sites is 1. The Morgan fingerprint density at radius 2 is 1.96 bits per heavy atom. The summed E-state index contributed by atoms with van der Waals surface area (Å²) in [6, 6.07) is 9.32. The van der Waals surface area contributed by atoms with E-state index in [2.05, 4.69) is 20.9 Å². The number of aliphatic imine (C=N–C) groups is 1. The van der Waals surface area contributed by atoms with Crippen LogP contribution in [-0.4, -0.2) is 31.2 Å². The molecule has 1 saturated heterocycles. The van der Waals surface area contributed by atoms with E-state index in [-0.39, 0.29) is 5.69 Å². The molecule has 0 radical (unpaired) electrons. The number of nitrogens with one attached hydrogen (secondary N) is 1. The van der Waals surface area contributed by atoms with Gasteiger partial charge in [0.25, 0.3) is 5.91 Å². The average Bonchev–Trinajstić information content (AvgIpc) is 2.63. The average molecular weight is 434 g/mol. The number of hydrogen-bond acceptors (Lipinski definition) is 5. The molecule has 138 valence electrons. The van der Waals surface area contributed by atoms with Gasteiger partial charge in [-0.15, -0.1) is 0 Å². The summed E-state index contributed by atoms with van der Waals surface area (Å²) in [7, 11) is 1.46. The highest BCUT2D eigenvalue weighted by Gasteiger charge is 2.41. The molecular formula is C18H13BrFN3O4. The third kappa shape index (κ3) is 3.72. The Kier molecular flexibility index (Phi) is 5.31. The zero-order valence-electron chi connectivity index (χ0n) is 14.0. The van der Waals surface area contributed by atoms with Crippen molar-refractivity contribution in [3.05, 3.63) is 52.8 Å². The molecule has 9 heteroatoms. The number of ether oxygens (including phenoxy) is 1. The summed E-state index contributed by atoms with van der Waals surface area (Å²) < 4.78 is 19.9. The molecule has 0 bridgehead atoms. The number of benzene rings is 2. The Labute approximate surface area is 162 Å².